The highest BCUT2D eigenvalue weighted by Crippen LogP contribution is 2.46. The molecule has 1 unspecified atom stereocenters. The van der Waals surface area contributed by atoms with Gasteiger partial charge in [-0.1, -0.05) is 29.8 Å². The maximum atomic E-state index is 3.65. The lowest BCUT2D eigenvalue weighted by Gasteiger charge is -2.41. The van der Waals surface area contributed by atoms with Crippen LogP contribution < -0.4 is 5.32 Å². The van der Waals surface area contributed by atoms with E-state index in [4.69, 9.17) is 0 Å². The van der Waals surface area contributed by atoms with E-state index < -0.39 is 0 Å². The molecule has 2 heteroatoms. The number of piperidine rings is 1. The number of nitrogens with one attached hydrogen (secondary N) is 1. The second-order valence-corrected chi connectivity index (χ2v) is 6.26. The van der Waals surface area contributed by atoms with Gasteiger partial charge in [0.05, 0.1) is 0 Å². The SMILES string of the molecule is Cc1cccc(C2CNCC23CCN(C)CC3)c1. The van der Waals surface area contributed by atoms with E-state index in [9.17, 15) is 0 Å². The molecule has 1 N–H and O–H groups in total. The van der Waals surface area contributed by atoms with Gasteiger partial charge in [0.1, 0.15) is 0 Å². The first kappa shape index (κ1) is 12.2. The van der Waals surface area contributed by atoms with Gasteiger partial charge in [0.15, 0.2) is 0 Å². The van der Waals surface area contributed by atoms with E-state index >= 15 is 0 Å². The van der Waals surface area contributed by atoms with Crippen LogP contribution in [0.5, 0.6) is 0 Å². The van der Waals surface area contributed by atoms with Crippen LogP contribution in [0.1, 0.15) is 29.9 Å². The molecule has 2 aliphatic rings. The monoisotopic (exact) mass is 244 g/mol. The molecule has 0 amide bonds. The minimum absolute atomic E-state index is 0.514. The third kappa shape index (κ3) is 2.08. The first-order valence-corrected chi connectivity index (χ1v) is 7.15. The lowest BCUT2D eigenvalue weighted by Crippen LogP contribution is -2.41. The van der Waals surface area contributed by atoms with Gasteiger partial charge >= 0.3 is 0 Å². The van der Waals surface area contributed by atoms with Crippen LogP contribution in [-0.2, 0) is 0 Å². The predicted molar refractivity (Wildman–Crippen MR) is 76.0 cm³/mol. The first-order chi connectivity index (χ1) is 8.70. The largest absolute Gasteiger partial charge is 0.316 e. The molecule has 2 saturated heterocycles. The smallest absolute Gasteiger partial charge is 0.00331 e. The van der Waals surface area contributed by atoms with Gasteiger partial charge < -0.3 is 10.2 Å². The molecule has 2 nitrogen and oxygen atoms in total. The van der Waals surface area contributed by atoms with E-state index in [1.54, 1.807) is 5.56 Å². The average molecular weight is 244 g/mol. The van der Waals surface area contributed by atoms with Crippen molar-refractivity contribution in [1.82, 2.24) is 10.2 Å². The summed E-state index contributed by atoms with van der Waals surface area (Å²) < 4.78 is 0. The Morgan fingerprint density at radius 3 is 2.78 bits per heavy atom. The molecule has 2 aliphatic heterocycles. The van der Waals surface area contributed by atoms with Crippen molar-refractivity contribution in [2.24, 2.45) is 5.41 Å². The number of rotatable bonds is 1. The minimum Gasteiger partial charge on any atom is -0.316 e. The Hall–Kier alpha value is -0.860. The highest BCUT2D eigenvalue weighted by molar-refractivity contribution is 5.29. The minimum atomic E-state index is 0.514. The van der Waals surface area contributed by atoms with Crippen LogP contribution in [0.2, 0.25) is 0 Å². The summed E-state index contributed by atoms with van der Waals surface area (Å²) in [6, 6.07) is 9.13. The van der Waals surface area contributed by atoms with Crippen molar-refractivity contribution in [3.05, 3.63) is 35.4 Å². The molecule has 18 heavy (non-hydrogen) atoms. The van der Waals surface area contributed by atoms with Crippen molar-refractivity contribution in [3.63, 3.8) is 0 Å². The molecular weight excluding hydrogens is 220 g/mol. The summed E-state index contributed by atoms with van der Waals surface area (Å²) in [6.45, 7) is 7.08. The summed E-state index contributed by atoms with van der Waals surface area (Å²) >= 11 is 0. The maximum absolute atomic E-state index is 3.65. The maximum Gasteiger partial charge on any atom is 0.00331 e. The number of hydrogen-bond acceptors (Lipinski definition) is 2. The Kier molecular flexibility index (Phi) is 3.16. The highest BCUT2D eigenvalue weighted by Gasteiger charge is 2.44. The van der Waals surface area contributed by atoms with Gasteiger partial charge in [0.2, 0.25) is 0 Å². The van der Waals surface area contributed by atoms with Crippen LogP contribution in [0.3, 0.4) is 0 Å². The van der Waals surface area contributed by atoms with E-state index in [-0.39, 0.29) is 0 Å². The van der Waals surface area contributed by atoms with Gasteiger partial charge in [-0.3, -0.25) is 0 Å². The van der Waals surface area contributed by atoms with E-state index in [1.165, 1.54) is 38.0 Å². The Balaban J connectivity index is 1.87. The predicted octanol–water partition coefficient (Wildman–Crippen LogP) is 2.39. The zero-order valence-corrected chi connectivity index (χ0v) is 11.6. The molecular formula is C16H24N2. The van der Waals surface area contributed by atoms with Crippen LogP contribution in [0.4, 0.5) is 0 Å². The molecule has 2 fully saturated rings. The summed E-state index contributed by atoms with van der Waals surface area (Å²) in [7, 11) is 2.25. The normalized spacial score (nSPS) is 27.8. The summed E-state index contributed by atoms with van der Waals surface area (Å²) in [5.41, 5.74) is 3.45. The molecule has 98 valence electrons. The molecule has 1 aromatic rings. The van der Waals surface area contributed by atoms with Crippen LogP contribution in [-0.4, -0.2) is 38.1 Å². The van der Waals surface area contributed by atoms with Gasteiger partial charge in [-0.2, -0.15) is 0 Å². The molecule has 1 spiro atoms. The summed E-state index contributed by atoms with van der Waals surface area (Å²) in [5, 5.41) is 3.65. The van der Waals surface area contributed by atoms with Crippen LogP contribution in [0.15, 0.2) is 24.3 Å². The number of hydrogen-bond donors (Lipinski definition) is 1. The molecule has 0 aromatic heterocycles. The second kappa shape index (κ2) is 4.67. The molecule has 1 atom stereocenters. The number of likely N-dealkylation sites (tertiary alicyclic amines) is 1. The number of nitrogens with zero attached hydrogens (tertiary/aromatic N) is 1. The lowest BCUT2D eigenvalue weighted by molar-refractivity contribution is 0.124. The van der Waals surface area contributed by atoms with Gasteiger partial charge in [0.25, 0.3) is 0 Å². The highest BCUT2D eigenvalue weighted by atomic mass is 15.1. The Morgan fingerprint density at radius 2 is 2.06 bits per heavy atom. The molecule has 0 saturated carbocycles. The fraction of sp³-hybridized carbons (Fsp3) is 0.625. The van der Waals surface area contributed by atoms with E-state index in [0.717, 1.165) is 6.54 Å². The average Bonchev–Trinajstić information content (AvgIpc) is 2.77. The third-order valence-corrected chi connectivity index (χ3v) is 4.99. The standard InChI is InChI=1S/C16H24N2/c1-13-4-3-5-14(10-13)15-11-17-12-16(15)6-8-18(2)9-7-16/h3-5,10,15,17H,6-9,11-12H2,1-2H3. The van der Waals surface area contributed by atoms with Crippen molar-refractivity contribution in [1.29, 1.82) is 0 Å². The molecule has 3 rings (SSSR count). The zero-order chi connectivity index (χ0) is 12.6. The van der Waals surface area contributed by atoms with Crippen molar-refractivity contribution < 1.29 is 0 Å². The van der Waals surface area contributed by atoms with Gasteiger partial charge in [-0.25, -0.2) is 0 Å². The molecule has 2 heterocycles. The van der Waals surface area contributed by atoms with Crippen molar-refractivity contribution in [3.8, 4) is 0 Å². The van der Waals surface area contributed by atoms with Gasteiger partial charge in [-0.05, 0) is 50.9 Å². The number of benzene rings is 1. The van der Waals surface area contributed by atoms with Gasteiger partial charge in [0, 0.05) is 19.0 Å². The van der Waals surface area contributed by atoms with Crippen molar-refractivity contribution in [2.45, 2.75) is 25.7 Å². The first-order valence-electron chi connectivity index (χ1n) is 7.15. The fourth-order valence-electron chi connectivity index (χ4n) is 3.75. The fourth-order valence-corrected chi connectivity index (χ4v) is 3.75. The summed E-state index contributed by atoms with van der Waals surface area (Å²) in [4.78, 5) is 2.47. The quantitative estimate of drug-likeness (QED) is 0.816. The lowest BCUT2D eigenvalue weighted by atomic mass is 9.68. The Morgan fingerprint density at radius 1 is 1.28 bits per heavy atom. The third-order valence-electron chi connectivity index (χ3n) is 4.99. The molecule has 0 radical (unpaired) electrons. The van der Waals surface area contributed by atoms with Crippen molar-refractivity contribution in [2.75, 3.05) is 33.2 Å². The Labute approximate surface area is 110 Å². The van der Waals surface area contributed by atoms with Crippen LogP contribution in [0.25, 0.3) is 0 Å². The Bertz CT molecular complexity index is 419. The topological polar surface area (TPSA) is 15.3 Å². The summed E-state index contributed by atoms with van der Waals surface area (Å²) in [5.74, 6) is 0.714. The van der Waals surface area contributed by atoms with E-state index in [0.29, 0.717) is 11.3 Å². The molecule has 0 bridgehead atoms. The molecule has 1 aromatic carbocycles. The van der Waals surface area contributed by atoms with Crippen molar-refractivity contribution >= 4 is 0 Å². The van der Waals surface area contributed by atoms with Crippen LogP contribution >= 0.6 is 0 Å². The number of aryl methyl sites for hydroxylation is 1. The molecule has 0 aliphatic carbocycles. The van der Waals surface area contributed by atoms with E-state index in [1.807, 2.05) is 0 Å². The zero-order valence-electron chi connectivity index (χ0n) is 11.6. The summed E-state index contributed by atoms with van der Waals surface area (Å²) in [6.07, 6.45) is 2.68. The second-order valence-electron chi connectivity index (χ2n) is 6.26. The van der Waals surface area contributed by atoms with Crippen LogP contribution in [0, 0.1) is 12.3 Å². The van der Waals surface area contributed by atoms with E-state index in [2.05, 4.69) is 48.5 Å². The van der Waals surface area contributed by atoms with Gasteiger partial charge in [-0.15, -0.1) is 0 Å².